The Hall–Kier alpha value is -1.83. The molecule has 0 amide bonds. The highest BCUT2D eigenvalue weighted by molar-refractivity contribution is 5.80. The second-order valence-corrected chi connectivity index (χ2v) is 6.15. The molecule has 0 spiro atoms. The molecule has 124 valence electrons. The predicted octanol–water partition coefficient (Wildman–Crippen LogP) is 5.79. The summed E-state index contributed by atoms with van der Waals surface area (Å²) in [6.07, 6.45) is 13.3. The van der Waals surface area contributed by atoms with Gasteiger partial charge in [0.25, 0.3) is 0 Å². The number of fused-ring (bicyclic) bond motifs is 1. The zero-order chi connectivity index (χ0) is 16.5. The summed E-state index contributed by atoms with van der Waals surface area (Å²) in [6.45, 7) is 5.25. The molecule has 2 rings (SSSR count). The summed E-state index contributed by atoms with van der Waals surface area (Å²) in [5, 5.41) is 0.808. The summed E-state index contributed by atoms with van der Waals surface area (Å²) < 4.78 is 2.22. The highest BCUT2D eigenvalue weighted by Gasteiger charge is 2.05. The van der Waals surface area contributed by atoms with Gasteiger partial charge in [0, 0.05) is 23.7 Å². The van der Waals surface area contributed by atoms with Gasteiger partial charge in [-0.2, -0.15) is 0 Å². The average molecular weight is 311 g/mol. The van der Waals surface area contributed by atoms with E-state index in [1.165, 1.54) is 38.5 Å². The molecule has 2 aromatic rings. The standard InChI is InChI=1S/C21H29NO/c1-3-5-6-7-8-9-10-11-14-18-17-21(23)19-15-12-13-16-20(19)22(18)4-2/h11-17H,3-10H2,1-2H3/b14-11+. The molecule has 0 bridgehead atoms. The SMILES string of the molecule is CCCCCCCC/C=C/c1cc(=O)c2ccccc2n1CC. The number of pyridine rings is 1. The third-order valence-electron chi connectivity index (χ3n) is 4.38. The topological polar surface area (TPSA) is 22.0 Å². The molecule has 2 heteroatoms. The van der Waals surface area contributed by atoms with E-state index >= 15 is 0 Å². The maximum absolute atomic E-state index is 12.3. The van der Waals surface area contributed by atoms with Crippen LogP contribution in [0, 0.1) is 0 Å². The number of para-hydroxylation sites is 1. The number of allylic oxidation sites excluding steroid dienone is 1. The first-order chi connectivity index (χ1) is 11.3. The number of aryl methyl sites for hydroxylation is 1. The number of hydrogen-bond acceptors (Lipinski definition) is 1. The van der Waals surface area contributed by atoms with E-state index in [0.29, 0.717) is 0 Å². The van der Waals surface area contributed by atoms with Crippen molar-refractivity contribution in [2.24, 2.45) is 0 Å². The number of unbranched alkanes of at least 4 members (excludes halogenated alkanes) is 6. The molecule has 0 fully saturated rings. The molecular weight excluding hydrogens is 282 g/mol. The van der Waals surface area contributed by atoms with Crippen LogP contribution in [0.15, 0.2) is 41.2 Å². The molecule has 23 heavy (non-hydrogen) atoms. The molecule has 0 saturated carbocycles. The third kappa shape index (κ3) is 4.82. The van der Waals surface area contributed by atoms with Crippen molar-refractivity contribution in [1.29, 1.82) is 0 Å². The first-order valence-electron chi connectivity index (χ1n) is 9.07. The highest BCUT2D eigenvalue weighted by atomic mass is 16.1. The lowest BCUT2D eigenvalue weighted by Gasteiger charge is -2.12. The predicted molar refractivity (Wildman–Crippen MR) is 101 cm³/mol. The van der Waals surface area contributed by atoms with Crippen LogP contribution >= 0.6 is 0 Å². The second-order valence-electron chi connectivity index (χ2n) is 6.15. The van der Waals surface area contributed by atoms with Gasteiger partial charge in [0.15, 0.2) is 5.43 Å². The van der Waals surface area contributed by atoms with Crippen molar-refractivity contribution in [2.45, 2.75) is 65.3 Å². The number of hydrogen-bond donors (Lipinski definition) is 0. The maximum Gasteiger partial charge on any atom is 0.190 e. The molecular formula is C21H29NO. The van der Waals surface area contributed by atoms with Gasteiger partial charge in [-0.05, 0) is 38.0 Å². The van der Waals surface area contributed by atoms with Crippen molar-refractivity contribution >= 4 is 17.0 Å². The van der Waals surface area contributed by atoms with Gasteiger partial charge in [-0.3, -0.25) is 4.79 Å². The van der Waals surface area contributed by atoms with Crippen LogP contribution in [0.25, 0.3) is 17.0 Å². The lowest BCUT2D eigenvalue weighted by atomic mass is 10.1. The van der Waals surface area contributed by atoms with E-state index < -0.39 is 0 Å². The minimum atomic E-state index is 0.115. The molecule has 0 atom stereocenters. The van der Waals surface area contributed by atoms with E-state index in [9.17, 15) is 4.79 Å². The fraction of sp³-hybridized carbons (Fsp3) is 0.476. The lowest BCUT2D eigenvalue weighted by Crippen LogP contribution is -2.11. The molecule has 0 radical (unpaired) electrons. The molecule has 0 saturated heterocycles. The molecule has 1 aromatic heterocycles. The average Bonchev–Trinajstić information content (AvgIpc) is 2.57. The van der Waals surface area contributed by atoms with Crippen molar-refractivity contribution in [2.75, 3.05) is 0 Å². The molecule has 0 aliphatic carbocycles. The first-order valence-corrected chi connectivity index (χ1v) is 9.07. The minimum absolute atomic E-state index is 0.115. The Morgan fingerprint density at radius 3 is 2.52 bits per heavy atom. The Balaban J connectivity index is 2.02. The minimum Gasteiger partial charge on any atom is -0.341 e. The van der Waals surface area contributed by atoms with Crippen LogP contribution in [0.3, 0.4) is 0 Å². The normalized spacial score (nSPS) is 11.6. The Morgan fingerprint density at radius 1 is 1.00 bits per heavy atom. The van der Waals surface area contributed by atoms with Crippen molar-refractivity contribution in [3.8, 4) is 0 Å². The fourth-order valence-corrected chi connectivity index (χ4v) is 3.08. The van der Waals surface area contributed by atoms with Gasteiger partial charge in [-0.15, -0.1) is 0 Å². The van der Waals surface area contributed by atoms with E-state index in [-0.39, 0.29) is 5.43 Å². The van der Waals surface area contributed by atoms with Crippen LogP contribution in [0.1, 0.15) is 64.5 Å². The van der Waals surface area contributed by atoms with Crippen molar-refractivity contribution in [3.05, 3.63) is 52.3 Å². The summed E-state index contributed by atoms with van der Waals surface area (Å²) in [7, 11) is 0. The molecule has 2 nitrogen and oxygen atoms in total. The zero-order valence-electron chi connectivity index (χ0n) is 14.6. The molecule has 0 aliphatic rings. The summed E-state index contributed by atoms with van der Waals surface area (Å²) in [6, 6.07) is 9.64. The van der Waals surface area contributed by atoms with Crippen LogP contribution in [-0.4, -0.2) is 4.57 Å². The quantitative estimate of drug-likeness (QED) is 0.538. The number of rotatable bonds is 9. The summed E-state index contributed by atoms with van der Waals surface area (Å²) >= 11 is 0. The van der Waals surface area contributed by atoms with Crippen LogP contribution in [0.4, 0.5) is 0 Å². The van der Waals surface area contributed by atoms with Gasteiger partial charge in [0.1, 0.15) is 0 Å². The number of benzene rings is 1. The summed E-state index contributed by atoms with van der Waals surface area (Å²) in [4.78, 5) is 12.3. The monoisotopic (exact) mass is 311 g/mol. The second kappa shape index (κ2) is 9.34. The third-order valence-corrected chi connectivity index (χ3v) is 4.38. The van der Waals surface area contributed by atoms with Crippen molar-refractivity contribution < 1.29 is 0 Å². The smallest absolute Gasteiger partial charge is 0.190 e. The van der Waals surface area contributed by atoms with Crippen LogP contribution in [0.2, 0.25) is 0 Å². The molecule has 1 heterocycles. The Labute approximate surface area is 139 Å². The van der Waals surface area contributed by atoms with Crippen molar-refractivity contribution in [3.63, 3.8) is 0 Å². The van der Waals surface area contributed by atoms with Gasteiger partial charge >= 0.3 is 0 Å². The van der Waals surface area contributed by atoms with E-state index in [2.05, 4.69) is 30.6 Å². The maximum atomic E-state index is 12.3. The van der Waals surface area contributed by atoms with Crippen molar-refractivity contribution in [1.82, 2.24) is 4.57 Å². The largest absolute Gasteiger partial charge is 0.341 e. The van der Waals surface area contributed by atoms with E-state index in [1.54, 1.807) is 6.07 Å². The van der Waals surface area contributed by atoms with E-state index in [1.807, 2.05) is 24.3 Å². The molecule has 1 aromatic carbocycles. The number of aromatic nitrogens is 1. The zero-order valence-corrected chi connectivity index (χ0v) is 14.6. The first kappa shape index (κ1) is 17.5. The van der Waals surface area contributed by atoms with Gasteiger partial charge in [-0.25, -0.2) is 0 Å². The van der Waals surface area contributed by atoms with Crippen LogP contribution in [0.5, 0.6) is 0 Å². The lowest BCUT2D eigenvalue weighted by molar-refractivity contribution is 0.611. The van der Waals surface area contributed by atoms with Gasteiger partial charge in [0.05, 0.1) is 5.52 Å². The molecule has 0 N–H and O–H groups in total. The van der Waals surface area contributed by atoms with Gasteiger partial charge in [-0.1, -0.05) is 57.2 Å². The van der Waals surface area contributed by atoms with E-state index in [4.69, 9.17) is 0 Å². The fourth-order valence-electron chi connectivity index (χ4n) is 3.08. The van der Waals surface area contributed by atoms with Crippen LogP contribution in [-0.2, 0) is 6.54 Å². The molecule has 0 unspecified atom stereocenters. The van der Waals surface area contributed by atoms with E-state index in [0.717, 1.165) is 29.6 Å². The Kier molecular flexibility index (Phi) is 7.12. The molecule has 0 aliphatic heterocycles. The van der Waals surface area contributed by atoms with Crippen LogP contribution < -0.4 is 5.43 Å². The number of nitrogens with zero attached hydrogens (tertiary/aromatic N) is 1. The Morgan fingerprint density at radius 2 is 1.74 bits per heavy atom. The summed E-state index contributed by atoms with van der Waals surface area (Å²) in [5.74, 6) is 0. The summed E-state index contributed by atoms with van der Waals surface area (Å²) in [5.41, 5.74) is 2.16. The highest BCUT2D eigenvalue weighted by Crippen LogP contribution is 2.15. The van der Waals surface area contributed by atoms with Gasteiger partial charge < -0.3 is 4.57 Å². The Bertz CT molecular complexity index is 697. The van der Waals surface area contributed by atoms with Gasteiger partial charge in [0.2, 0.25) is 0 Å².